The van der Waals surface area contributed by atoms with E-state index in [-0.39, 0.29) is 0 Å². The fourth-order valence-corrected chi connectivity index (χ4v) is 8.19. The lowest BCUT2D eigenvalue weighted by Crippen LogP contribution is -1.97. The number of aromatic nitrogens is 3. The Morgan fingerprint density at radius 1 is 0.425 bits per heavy atom. The average molecular weight is 546 g/mol. The third kappa shape index (κ3) is 3.13. The van der Waals surface area contributed by atoms with Crippen LogP contribution in [0.1, 0.15) is 0 Å². The minimum absolute atomic E-state index is 0.656. The molecular formula is C35H19N3S2. The number of hydrogen-bond donors (Lipinski definition) is 0. The number of pyridine rings is 1. The van der Waals surface area contributed by atoms with E-state index in [0.717, 1.165) is 43.5 Å². The van der Waals surface area contributed by atoms with Gasteiger partial charge in [-0.05, 0) is 29.7 Å². The van der Waals surface area contributed by atoms with Gasteiger partial charge in [-0.15, -0.1) is 22.7 Å². The second-order valence-corrected chi connectivity index (χ2v) is 12.1. The number of benzene rings is 5. The van der Waals surface area contributed by atoms with Gasteiger partial charge in [0.2, 0.25) is 0 Å². The molecule has 5 aromatic carbocycles. The van der Waals surface area contributed by atoms with Crippen molar-refractivity contribution in [1.82, 2.24) is 15.0 Å². The first kappa shape index (κ1) is 22.1. The highest BCUT2D eigenvalue weighted by Crippen LogP contribution is 2.43. The summed E-state index contributed by atoms with van der Waals surface area (Å²) in [5.74, 6) is 0.656. The molecule has 0 amide bonds. The third-order valence-electron chi connectivity index (χ3n) is 7.68. The molecular weight excluding hydrogens is 527 g/mol. The molecule has 0 unspecified atom stereocenters. The van der Waals surface area contributed by atoms with E-state index in [1.54, 1.807) is 11.3 Å². The summed E-state index contributed by atoms with van der Waals surface area (Å²) in [6, 6.07) is 40.5. The van der Waals surface area contributed by atoms with E-state index in [9.17, 15) is 0 Å². The summed E-state index contributed by atoms with van der Waals surface area (Å²) >= 11 is 3.59. The van der Waals surface area contributed by atoms with Gasteiger partial charge in [-0.2, -0.15) is 0 Å². The van der Waals surface area contributed by atoms with Crippen molar-refractivity contribution in [3.05, 3.63) is 115 Å². The second-order valence-electron chi connectivity index (χ2n) is 9.97. The summed E-state index contributed by atoms with van der Waals surface area (Å²) in [6.07, 6.45) is 0. The maximum atomic E-state index is 5.30. The van der Waals surface area contributed by atoms with Crippen LogP contribution >= 0.6 is 22.7 Å². The van der Waals surface area contributed by atoms with Crippen molar-refractivity contribution < 1.29 is 0 Å². The zero-order valence-corrected chi connectivity index (χ0v) is 22.8. The predicted octanol–water partition coefficient (Wildman–Crippen LogP) is 10.2. The van der Waals surface area contributed by atoms with E-state index in [1.165, 1.54) is 35.6 Å². The summed E-state index contributed by atoms with van der Waals surface area (Å²) in [6.45, 7) is 0. The van der Waals surface area contributed by atoms with E-state index in [0.29, 0.717) is 5.82 Å². The Morgan fingerprint density at radius 3 is 1.93 bits per heavy atom. The Labute approximate surface area is 237 Å². The highest BCUT2D eigenvalue weighted by atomic mass is 32.1. The Hall–Kier alpha value is -4.71. The lowest BCUT2D eigenvalue weighted by molar-refractivity contribution is 1.21. The van der Waals surface area contributed by atoms with Gasteiger partial charge < -0.3 is 0 Å². The van der Waals surface area contributed by atoms with Crippen molar-refractivity contribution in [2.75, 3.05) is 0 Å². The number of rotatable bonds is 2. The molecule has 0 saturated carbocycles. The van der Waals surface area contributed by atoms with Gasteiger partial charge >= 0.3 is 0 Å². The van der Waals surface area contributed by atoms with Crippen LogP contribution in [-0.2, 0) is 0 Å². The molecule has 0 spiro atoms. The molecule has 0 radical (unpaired) electrons. The van der Waals surface area contributed by atoms with Crippen molar-refractivity contribution in [3.8, 4) is 22.8 Å². The zero-order chi connectivity index (χ0) is 26.2. The standard InChI is InChI=1S/C35H19N3S2/c1-2-10-20(11-3-1)31-34-32(24-15-7-9-17-27(24)40-34)38-35(37-31)33-22-13-5-4-12-21(22)29-25(36-33)18-19-28-30(29)23-14-6-8-16-26(23)39-28/h1-19H. The summed E-state index contributed by atoms with van der Waals surface area (Å²) < 4.78 is 4.89. The normalized spacial score (nSPS) is 12.0. The predicted molar refractivity (Wildman–Crippen MR) is 171 cm³/mol. The van der Waals surface area contributed by atoms with Gasteiger partial charge in [-0.1, -0.05) is 91.0 Å². The Balaban J connectivity index is 1.43. The van der Waals surface area contributed by atoms with Crippen LogP contribution in [0.4, 0.5) is 0 Å². The average Bonchev–Trinajstić information content (AvgIpc) is 3.59. The lowest BCUT2D eigenvalue weighted by Gasteiger charge is -2.12. The van der Waals surface area contributed by atoms with E-state index in [1.807, 2.05) is 17.4 Å². The van der Waals surface area contributed by atoms with Gasteiger partial charge in [0, 0.05) is 46.6 Å². The van der Waals surface area contributed by atoms with Gasteiger partial charge in [0.25, 0.3) is 0 Å². The van der Waals surface area contributed by atoms with Crippen molar-refractivity contribution in [3.63, 3.8) is 0 Å². The van der Waals surface area contributed by atoms with E-state index in [4.69, 9.17) is 15.0 Å². The highest BCUT2D eigenvalue weighted by molar-refractivity contribution is 7.26. The van der Waals surface area contributed by atoms with Crippen molar-refractivity contribution in [2.24, 2.45) is 0 Å². The molecule has 0 aliphatic rings. The topological polar surface area (TPSA) is 38.7 Å². The second kappa shape index (κ2) is 8.39. The molecule has 0 aliphatic carbocycles. The Bertz CT molecular complexity index is 2440. The lowest BCUT2D eigenvalue weighted by atomic mass is 9.99. The molecule has 0 aliphatic heterocycles. The largest absolute Gasteiger partial charge is 0.244 e. The van der Waals surface area contributed by atoms with Crippen LogP contribution in [0.3, 0.4) is 0 Å². The van der Waals surface area contributed by atoms with Crippen LogP contribution in [0, 0.1) is 0 Å². The maximum absolute atomic E-state index is 5.30. The van der Waals surface area contributed by atoms with Gasteiger partial charge in [0.1, 0.15) is 5.69 Å². The summed E-state index contributed by atoms with van der Waals surface area (Å²) in [5.41, 5.74) is 4.79. The summed E-state index contributed by atoms with van der Waals surface area (Å²) in [5, 5.41) is 7.15. The van der Waals surface area contributed by atoms with Crippen LogP contribution in [0.5, 0.6) is 0 Å². The van der Waals surface area contributed by atoms with Crippen molar-refractivity contribution >= 4 is 84.8 Å². The molecule has 9 rings (SSSR count). The molecule has 5 heteroatoms. The Morgan fingerprint density at radius 2 is 1.10 bits per heavy atom. The first-order chi connectivity index (χ1) is 19.8. The van der Waals surface area contributed by atoms with Gasteiger partial charge in [-0.25, -0.2) is 15.0 Å². The molecule has 9 aromatic rings. The molecule has 0 fully saturated rings. The van der Waals surface area contributed by atoms with Gasteiger partial charge in [0.05, 0.1) is 21.4 Å². The number of fused-ring (bicyclic) bond motifs is 10. The fraction of sp³-hybridized carbons (Fsp3) is 0. The van der Waals surface area contributed by atoms with Crippen LogP contribution in [-0.4, -0.2) is 15.0 Å². The third-order valence-corrected chi connectivity index (χ3v) is 9.99. The van der Waals surface area contributed by atoms with Crippen LogP contribution in [0.15, 0.2) is 115 Å². The van der Waals surface area contributed by atoms with Gasteiger partial charge in [0.15, 0.2) is 5.82 Å². The minimum atomic E-state index is 0.656. The van der Waals surface area contributed by atoms with Crippen molar-refractivity contribution in [2.45, 2.75) is 0 Å². The van der Waals surface area contributed by atoms with Gasteiger partial charge in [-0.3, -0.25) is 0 Å². The quantitative estimate of drug-likeness (QED) is 0.203. The molecule has 0 atom stereocenters. The smallest absolute Gasteiger partial charge is 0.180 e. The molecule has 4 heterocycles. The molecule has 0 N–H and O–H groups in total. The van der Waals surface area contributed by atoms with Crippen LogP contribution < -0.4 is 0 Å². The van der Waals surface area contributed by atoms with Crippen LogP contribution in [0.25, 0.3) is 84.9 Å². The molecule has 186 valence electrons. The summed E-state index contributed by atoms with van der Waals surface area (Å²) in [4.78, 5) is 15.8. The molecule has 0 saturated heterocycles. The zero-order valence-electron chi connectivity index (χ0n) is 21.1. The molecule has 4 aromatic heterocycles. The fourth-order valence-electron chi connectivity index (χ4n) is 5.92. The number of thiophene rings is 2. The van der Waals surface area contributed by atoms with E-state index < -0.39 is 0 Å². The number of hydrogen-bond acceptors (Lipinski definition) is 5. The van der Waals surface area contributed by atoms with E-state index >= 15 is 0 Å². The number of nitrogens with zero attached hydrogens (tertiary/aromatic N) is 3. The highest BCUT2D eigenvalue weighted by Gasteiger charge is 2.20. The molecule has 0 bridgehead atoms. The first-order valence-electron chi connectivity index (χ1n) is 13.2. The first-order valence-corrected chi connectivity index (χ1v) is 14.8. The Kier molecular flexibility index (Phi) is 4.65. The van der Waals surface area contributed by atoms with Crippen LogP contribution in [0.2, 0.25) is 0 Å². The SMILES string of the molecule is c1ccc(-c2nc(-c3nc4ccc5sc6ccccc6c5c4c4ccccc34)nc3c2sc2ccccc23)cc1. The summed E-state index contributed by atoms with van der Waals surface area (Å²) in [7, 11) is 0. The van der Waals surface area contributed by atoms with E-state index in [2.05, 4.69) is 109 Å². The maximum Gasteiger partial charge on any atom is 0.180 e. The minimum Gasteiger partial charge on any atom is -0.244 e. The molecule has 40 heavy (non-hydrogen) atoms. The monoisotopic (exact) mass is 545 g/mol. The molecule has 3 nitrogen and oxygen atoms in total. The van der Waals surface area contributed by atoms with Crippen molar-refractivity contribution in [1.29, 1.82) is 0 Å².